The molecule has 0 radical (unpaired) electrons. The van der Waals surface area contributed by atoms with Crippen molar-refractivity contribution in [2.45, 2.75) is 32.7 Å². The number of fused-ring (bicyclic) bond motifs is 1. The van der Waals surface area contributed by atoms with Crippen LogP contribution in [0, 0.1) is 5.92 Å². The van der Waals surface area contributed by atoms with Crippen LogP contribution in [-0.2, 0) is 24.2 Å². The van der Waals surface area contributed by atoms with Crippen LogP contribution in [-0.4, -0.2) is 17.5 Å². The number of rotatable bonds is 5. The number of hydrogen-bond donors (Lipinski definition) is 1. The van der Waals surface area contributed by atoms with Crippen LogP contribution in [0.15, 0.2) is 29.6 Å². The summed E-state index contributed by atoms with van der Waals surface area (Å²) in [7, 11) is 0. The SMILES string of the molecule is CCCc1nc(CNC(=O)[C@H]2COc3ccccc3C2)cs1. The molecule has 0 aliphatic carbocycles. The van der Waals surface area contributed by atoms with E-state index < -0.39 is 0 Å². The van der Waals surface area contributed by atoms with Crippen LogP contribution in [0.2, 0.25) is 0 Å². The molecular weight excluding hydrogens is 296 g/mol. The lowest BCUT2D eigenvalue weighted by atomic mass is 9.96. The Bertz CT molecular complexity index is 654. The van der Waals surface area contributed by atoms with Gasteiger partial charge >= 0.3 is 0 Å². The third kappa shape index (κ3) is 3.47. The van der Waals surface area contributed by atoms with E-state index in [0.29, 0.717) is 13.2 Å². The normalized spacial score (nSPS) is 16.7. The number of nitrogens with zero attached hydrogens (tertiary/aromatic N) is 1. The zero-order chi connectivity index (χ0) is 15.4. The lowest BCUT2D eigenvalue weighted by Gasteiger charge is -2.24. The van der Waals surface area contributed by atoms with Crippen LogP contribution in [0.1, 0.15) is 29.6 Å². The second-order valence-electron chi connectivity index (χ2n) is 5.52. The molecule has 0 saturated heterocycles. The first-order valence-electron chi connectivity index (χ1n) is 7.68. The van der Waals surface area contributed by atoms with Gasteiger partial charge in [-0.25, -0.2) is 4.98 Å². The molecule has 1 aliphatic rings. The van der Waals surface area contributed by atoms with Crippen LogP contribution in [0.4, 0.5) is 0 Å². The Kier molecular flexibility index (Phi) is 4.73. The molecule has 1 aromatic heterocycles. The molecule has 116 valence electrons. The van der Waals surface area contributed by atoms with Gasteiger partial charge in [-0.3, -0.25) is 4.79 Å². The Morgan fingerprint density at radius 1 is 1.45 bits per heavy atom. The topological polar surface area (TPSA) is 51.2 Å². The average Bonchev–Trinajstić information content (AvgIpc) is 3.00. The maximum absolute atomic E-state index is 12.3. The number of nitrogens with one attached hydrogen (secondary N) is 1. The number of thiazole rings is 1. The minimum absolute atomic E-state index is 0.0412. The largest absolute Gasteiger partial charge is 0.492 e. The molecular formula is C17H20N2O2S. The van der Waals surface area contributed by atoms with Crippen molar-refractivity contribution < 1.29 is 9.53 Å². The van der Waals surface area contributed by atoms with Crippen molar-refractivity contribution in [1.29, 1.82) is 0 Å². The molecule has 1 atom stereocenters. The molecule has 0 spiro atoms. The smallest absolute Gasteiger partial charge is 0.227 e. The molecule has 2 aromatic rings. The van der Waals surface area contributed by atoms with E-state index in [1.807, 2.05) is 29.6 Å². The highest BCUT2D eigenvalue weighted by atomic mass is 32.1. The standard InChI is InChI=1S/C17H20N2O2S/c1-2-5-16-19-14(11-22-16)9-18-17(20)13-8-12-6-3-4-7-15(12)21-10-13/h3-4,6-7,11,13H,2,5,8-10H2,1H3,(H,18,20)/t13-/m1/s1. The maximum Gasteiger partial charge on any atom is 0.227 e. The van der Waals surface area contributed by atoms with E-state index in [1.165, 1.54) is 0 Å². The Morgan fingerprint density at radius 2 is 2.32 bits per heavy atom. The first kappa shape index (κ1) is 15.0. The Hall–Kier alpha value is -1.88. The van der Waals surface area contributed by atoms with Crippen LogP contribution in [0.3, 0.4) is 0 Å². The molecule has 0 unspecified atom stereocenters. The molecule has 0 fully saturated rings. The van der Waals surface area contributed by atoms with Gasteiger partial charge in [-0.2, -0.15) is 0 Å². The van der Waals surface area contributed by atoms with Crippen molar-refractivity contribution in [3.05, 3.63) is 45.9 Å². The second kappa shape index (κ2) is 6.92. The minimum atomic E-state index is -0.122. The fraction of sp³-hybridized carbons (Fsp3) is 0.412. The highest BCUT2D eigenvalue weighted by Crippen LogP contribution is 2.26. The Morgan fingerprint density at radius 3 is 3.18 bits per heavy atom. The predicted octanol–water partition coefficient (Wildman–Crippen LogP) is 2.96. The van der Waals surface area contributed by atoms with E-state index in [1.54, 1.807) is 11.3 Å². The number of carbonyl (C=O) groups is 1. The first-order chi connectivity index (χ1) is 10.8. The number of amides is 1. The van der Waals surface area contributed by atoms with Crippen LogP contribution in [0.25, 0.3) is 0 Å². The number of benzene rings is 1. The molecule has 1 N–H and O–H groups in total. The van der Waals surface area contributed by atoms with Crippen LogP contribution < -0.4 is 10.1 Å². The van der Waals surface area contributed by atoms with Crippen molar-refractivity contribution in [3.8, 4) is 5.75 Å². The summed E-state index contributed by atoms with van der Waals surface area (Å²) in [5.41, 5.74) is 2.05. The Labute approximate surface area is 134 Å². The molecule has 0 saturated carbocycles. The molecule has 22 heavy (non-hydrogen) atoms. The van der Waals surface area contributed by atoms with Gasteiger partial charge in [0.25, 0.3) is 0 Å². The quantitative estimate of drug-likeness (QED) is 0.922. The summed E-state index contributed by atoms with van der Waals surface area (Å²) in [6.45, 7) is 3.09. The summed E-state index contributed by atoms with van der Waals surface area (Å²) in [5.74, 6) is 0.818. The van der Waals surface area contributed by atoms with Gasteiger partial charge in [0, 0.05) is 5.38 Å². The van der Waals surface area contributed by atoms with Crippen molar-refractivity contribution in [1.82, 2.24) is 10.3 Å². The summed E-state index contributed by atoms with van der Waals surface area (Å²) in [4.78, 5) is 16.8. The van der Waals surface area contributed by atoms with Gasteiger partial charge in [0.2, 0.25) is 5.91 Å². The van der Waals surface area contributed by atoms with E-state index in [9.17, 15) is 4.79 Å². The first-order valence-corrected chi connectivity index (χ1v) is 8.56. The molecule has 1 aliphatic heterocycles. The third-order valence-electron chi connectivity index (χ3n) is 3.76. The van der Waals surface area contributed by atoms with Gasteiger partial charge in [-0.05, 0) is 30.9 Å². The van der Waals surface area contributed by atoms with Crippen molar-refractivity contribution >= 4 is 17.2 Å². The lowest BCUT2D eigenvalue weighted by Crippen LogP contribution is -2.37. The number of para-hydroxylation sites is 1. The second-order valence-corrected chi connectivity index (χ2v) is 6.46. The van der Waals surface area contributed by atoms with E-state index in [-0.39, 0.29) is 11.8 Å². The van der Waals surface area contributed by atoms with Gasteiger partial charge in [0.05, 0.1) is 23.2 Å². The molecule has 2 heterocycles. The average molecular weight is 316 g/mol. The summed E-state index contributed by atoms with van der Waals surface area (Å²) in [6, 6.07) is 7.91. The van der Waals surface area contributed by atoms with Crippen molar-refractivity contribution in [2.24, 2.45) is 5.92 Å². The fourth-order valence-corrected chi connectivity index (χ4v) is 3.48. The van der Waals surface area contributed by atoms with E-state index in [2.05, 4.69) is 17.2 Å². The molecule has 4 nitrogen and oxygen atoms in total. The highest BCUT2D eigenvalue weighted by molar-refractivity contribution is 7.09. The summed E-state index contributed by atoms with van der Waals surface area (Å²) >= 11 is 1.66. The predicted molar refractivity (Wildman–Crippen MR) is 87.1 cm³/mol. The van der Waals surface area contributed by atoms with Gasteiger partial charge in [0.1, 0.15) is 12.4 Å². The minimum Gasteiger partial charge on any atom is -0.492 e. The van der Waals surface area contributed by atoms with E-state index >= 15 is 0 Å². The van der Waals surface area contributed by atoms with Crippen molar-refractivity contribution in [3.63, 3.8) is 0 Å². The lowest BCUT2D eigenvalue weighted by molar-refractivity contribution is -0.126. The number of ether oxygens (including phenoxy) is 1. The monoisotopic (exact) mass is 316 g/mol. The molecule has 1 aromatic carbocycles. The summed E-state index contributed by atoms with van der Waals surface area (Å²) < 4.78 is 5.67. The van der Waals surface area contributed by atoms with Gasteiger partial charge < -0.3 is 10.1 Å². The zero-order valence-corrected chi connectivity index (χ0v) is 13.5. The van der Waals surface area contributed by atoms with Gasteiger partial charge in [-0.15, -0.1) is 11.3 Å². The fourth-order valence-electron chi connectivity index (χ4n) is 2.58. The number of hydrogen-bond acceptors (Lipinski definition) is 4. The summed E-state index contributed by atoms with van der Waals surface area (Å²) in [6.07, 6.45) is 2.84. The number of aromatic nitrogens is 1. The van der Waals surface area contributed by atoms with Gasteiger partial charge in [0.15, 0.2) is 0 Å². The van der Waals surface area contributed by atoms with E-state index in [0.717, 1.165) is 41.3 Å². The zero-order valence-electron chi connectivity index (χ0n) is 12.7. The molecule has 1 amide bonds. The maximum atomic E-state index is 12.3. The number of aryl methyl sites for hydroxylation is 1. The van der Waals surface area contributed by atoms with Gasteiger partial charge in [-0.1, -0.05) is 25.1 Å². The van der Waals surface area contributed by atoms with E-state index in [4.69, 9.17) is 4.74 Å². The Balaban J connectivity index is 1.54. The third-order valence-corrected chi connectivity index (χ3v) is 4.71. The number of carbonyl (C=O) groups excluding carboxylic acids is 1. The highest BCUT2D eigenvalue weighted by Gasteiger charge is 2.25. The van der Waals surface area contributed by atoms with Crippen LogP contribution in [0.5, 0.6) is 5.75 Å². The van der Waals surface area contributed by atoms with Crippen molar-refractivity contribution in [2.75, 3.05) is 6.61 Å². The molecule has 0 bridgehead atoms. The van der Waals surface area contributed by atoms with Crippen LogP contribution >= 0.6 is 11.3 Å². The summed E-state index contributed by atoms with van der Waals surface area (Å²) in [5, 5.41) is 6.15. The molecule has 3 rings (SSSR count). The molecule has 5 heteroatoms.